The Balaban J connectivity index is 2.47. The van der Waals surface area contributed by atoms with Gasteiger partial charge in [0.2, 0.25) is 0 Å². The molecule has 0 saturated carbocycles. The first kappa shape index (κ1) is 15.8. The summed E-state index contributed by atoms with van der Waals surface area (Å²) in [7, 11) is 3.54. The van der Waals surface area contributed by atoms with Crippen molar-refractivity contribution in [3.63, 3.8) is 0 Å². The van der Waals surface area contributed by atoms with E-state index in [-0.39, 0.29) is 6.04 Å². The molecule has 1 aromatic carbocycles. The van der Waals surface area contributed by atoms with Gasteiger partial charge in [0.25, 0.3) is 0 Å². The second-order valence-electron chi connectivity index (χ2n) is 4.76. The number of benzene rings is 1. The van der Waals surface area contributed by atoms with Gasteiger partial charge in [0, 0.05) is 0 Å². The van der Waals surface area contributed by atoms with Crippen molar-refractivity contribution in [3.05, 3.63) is 34.6 Å². The second kappa shape index (κ2) is 6.91. The van der Waals surface area contributed by atoms with E-state index in [4.69, 9.17) is 16.3 Å². The lowest BCUT2D eigenvalue weighted by molar-refractivity contribution is 0.415. The van der Waals surface area contributed by atoms with Gasteiger partial charge in [-0.25, -0.2) is 4.68 Å². The maximum atomic E-state index is 6.20. The van der Waals surface area contributed by atoms with Gasteiger partial charge in [0.1, 0.15) is 11.4 Å². The summed E-state index contributed by atoms with van der Waals surface area (Å²) in [5.41, 5.74) is 2.98. The predicted molar refractivity (Wildman–Crippen MR) is 84.4 cm³/mol. The van der Waals surface area contributed by atoms with E-state index in [1.54, 1.807) is 7.11 Å². The molecule has 2 aromatic rings. The van der Waals surface area contributed by atoms with E-state index in [0.717, 1.165) is 29.9 Å². The van der Waals surface area contributed by atoms with E-state index in [1.165, 1.54) is 0 Å². The van der Waals surface area contributed by atoms with E-state index in [0.29, 0.717) is 10.8 Å². The SMILES string of the molecule is CCc1c(C(CC)NC)nnn1-c1ccc(OC)c(Cl)c1. The fraction of sp³-hybridized carbons (Fsp3) is 0.467. The number of aromatic nitrogens is 3. The third-order valence-electron chi connectivity index (χ3n) is 3.59. The van der Waals surface area contributed by atoms with Crippen LogP contribution >= 0.6 is 11.6 Å². The Kier molecular flexibility index (Phi) is 5.20. The maximum Gasteiger partial charge on any atom is 0.137 e. The summed E-state index contributed by atoms with van der Waals surface area (Å²) in [5.74, 6) is 0.653. The van der Waals surface area contributed by atoms with Crippen molar-refractivity contribution in [2.24, 2.45) is 0 Å². The molecule has 0 amide bonds. The van der Waals surface area contributed by atoms with E-state index in [9.17, 15) is 0 Å². The van der Waals surface area contributed by atoms with E-state index in [2.05, 4.69) is 29.5 Å². The predicted octanol–water partition coefficient (Wildman–Crippen LogP) is 3.16. The summed E-state index contributed by atoms with van der Waals surface area (Å²) in [6.45, 7) is 4.23. The molecule has 1 aromatic heterocycles. The van der Waals surface area contributed by atoms with Crippen molar-refractivity contribution in [2.45, 2.75) is 32.7 Å². The average molecular weight is 309 g/mol. The Labute approximate surface area is 130 Å². The molecule has 2 rings (SSSR count). The normalized spacial score (nSPS) is 12.4. The highest BCUT2D eigenvalue weighted by atomic mass is 35.5. The summed E-state index contributed by atoms with van der Waals surface area (Å²) in [6.07, 6.45) is 1.82. The Morgan fingerprint density at radius 1 is 1.38 bits per heavy atom. The molecule has 0 bridgehead atoms. The van der Waals surface area contributed by atoms with E-state index in [1.807, 2.05) is 29.9 Å². The van der Waals surface area contributed by atoms with Crippen LogP contribution in [0.4, 0.5) is 0 Å². The zero-order chi connectivity index (χ0) is 15.4. The van der Waals surface area contributed by atoms with Crippen LogP contribution in [0, 0.1) is 0 Å². The minimum absolute atomic E-state index is 0.211. The summed E-state index contributed by atoms with van der Waals surface area (Å²) < 4.78 is 7.03. The molecular formula is C15H21ClN4O. The molecule has 0 aliphatic carbocycles. The Hall–Kier alpha value is -1.59. The van der Waals surface area contributed by atoms with Crippen LogP contribution in [-0.4, -0.2) is 29.2 Å². The monoisotopic (exact) mass is 308 g/mol. The standard InChI is InChI=1S/C15H21ClN4O/c1-5-12(17-3)15-13(6-2)20(19-18-15)10-7-8-14(21-4)11(16)9-10/h7-9,12,17H,5-6H2,1-4H3. The fourth-order valence-corrected chi connectivity index (χ4v) is 2.70. The molecule has 0 fully saturated rings. The van der Waals surface area contributed by atoms with Crippen LogP contribution < -0.4 is 10.1 Å². The van der Waals surface area contributed by atoms with Crippen LogP contribution in [-0.2, 0) is 6.42 Å². The van der Waals surface area contributed by atoms with E-state index < -0.39 is 0 Å². The quantitative estimate of drug-likeness (QED) is 0.890. The lowest BCUT2D eigenvalue weighted by Gasteiger charge is -2.13. The first-order valence-electron chi connectivity index (χ1n) is 7.11. The van der Waals surface area contributed by atoms with Crippen molar-refractivity contribution < 1.29 is 4.74 Å². The van der Waals surface area contributed by atoms with Gasteiger partial charge in [-0.15, -0.1) is 5.10 Å². The lowest BCUT2D eigenvalue weighted by atomic mass is 10.1. The molecule has 5 nitrogen and oxygen atoms in total. The molecule has 0 saturated heterocycles. The van der Waals surface area contributed by atoms with Crippen molar-refractivity contribution in [1.82, 2.24) is 20.3 Å². The summed E-state index contributed by atoms with van der Waals surface area (Å²) in [4.78, 5) is 0. The number of methoxy groups -OCH3 is 1. The number of hydrogen-bond donors (Lipinski definition) is 1. The highest BCUT2D eigenvalue weighted by molar-refractivity contribution is 6.32. The summed E-state index contributed by atoms with van der Waals surface area (Å²) in [5, 5.41) is 12.5. The average Bonchev–Trinajstić information content (AvgIpc) is 2.92. The molecular weight excluding hydrogens is 288 g/mol. The van der Waals surface area contributed by atoms with Crippen LogP contribution in [0.25, 0.3) is 5.69 Å². The van der Waals surface area contributed by atoms with Crippen LogP contribution in [0.5, 0.6) is 5.75 Å². The van der Waals surface area contributed by atoms with Gasteiger partial charge in [-0.2, -0.15) is 0 Å². The Bertz CT molecular complexity index is 608. The number of nitrogens with one attached hydrogen (secondary N) is 1. The second-order valence-corrected chi connectivity index (χ2v) is 5.16. The zero-order valence-electron chi connectivity index (χ0n) is 12.9. The number of halogens is 1. The van der Waals surface area contributed by atoms with Gasteiger partial charge in [0.15, 0.2) is 0 Å². The van der Waals surface area contributed by atoms with Crippen molar-refractivity contribution in [1.29, 1.82) is 0 Å². The van der Waals surface area contributed by atoms with Crippen molar-refractivity contribution in [3.8, 4) is 11.4 Å². The van der Waals surface area contributed by atoms with Crippen LogP contribution in [0.1, 0.15) is 37.7 Å². The largest absolute Gasteiger partial charge is 0.495 e. The van der Waals surface area contributed by atoms with Gasteiger partial charge in [-0.1, -0.05) is 30.7 Å². The topological polar surface area (TPSA) is 52.0 Å². The van der Waals surface area contributed by atoms with Gasteiger partial charge in [0.05, 0.1) is 29.6 Å². The van der Waals surface area contributed by atoms with Gasteiger partial charge < -0.3 is 10.1 Å². The molecule has 1 N–H and O–H groups in total. The molecule has 1 atom stereocenters. The minimum Gasteiger partial charge on any atom is -0.495 e. The summed E-state index contributed by atoms with van der Waals surface area (Å²) in [6, 6.07) is 5.83. The highest BCUT2D eigenvalue weighted by Crippen LogP contribution is 2.28. The molecule has 0 radical (unpaired) electrons. The molecule has 0 aliphatic heterocycles. The van der Waals surface area contributed by atoms with Gasteiger partial charge in [-0.3, -0.25) is 0 Å². The summed E-state index contributed by atoms with van der Waals surface area (Å²) >= 11 is 6.20. The maximum absolute atomic E-state index is 6.20. The molecule has 0 spiro atoms. The first-order chi connectivity index (χ1) is 10.2. The number of rotatable bonds is 6. The van der Waals surface area contributed by atoms with Crippen LogP contribution in [0.3, 0.4) is 0 Å². The Morgan fingerprint density at radius 2 is 2.14 bits per heavy atom. The molecule has 21 heavy (non-hydrogen) atoms. The number of nitrogens with zero attached hydrogens (tertiary/aromatic N) is 3. The number of ether oxygens (including phenoxy) is 1. The molecule has 0 aliphatic rings. The third-order valence-corrected chi connectivity index (χ3v) is 3.89. The fourth-order valence-electron chi connectivity index (χ4n) is 2.44. The Morgan fingerprint density at radius 3 is 2.67 bits per heavy atom. The molecule has 114 valence electrons. The van der Waals surface area contributed by atoms with Crippen LogP contribution in [0.2, 0.25) is 5.02 Å². The molecule has 6 heteroatoms. The zero-order valence-corrected chi connectivity index (χ0v) is 13.6. The first-order valence-corrected chi connectivity index (χ1v) is 7.49. The third kappa shape index (κ3) is 3.04. The lowest BCUT2D eigenvalue weighted by Crippen LogP contribution is -2.17. The minimum atomic E-state index is 0.211. The van der Waals surface area contributed by atoms with Crippen molar-refractivity contribution >= 4 is 11.6 Å². The van der Waals surface area contributed by atoms with Gasteiger partial charge in [-0.05, 0) is 38.1 Å². The van der Waals surface area contributed by atoms with E-state index >= 15 is 0 Å². The smallest absolute Gasteiger partial charge is 0.137 e. The highest BCUT2D eigenvalue weighted by Gasteiger charge is 2.19. The van der Waals surface area contributed by atoms with Crippen LogP contribution in [0.15, 0.2) is 18.2 Å². The van der Waals surface area contributed by atoms with Gasteiger partial charge >= 0.3 is 0 Å². The number of hydrogen-bond acceptors (Lipinski definition) is 4. The van der Waals surface area contributed by atoms with Crippen molar-refractivity contribution in [2.75, 3.05) is 14.2 Å². The molecule has 1 heterocycles. The molecule has 1 unspecified atom stereocenters.